The topological polar surface area (TPSA) is 610 Å². The number of aromatic nitrogens is 1. The third kappa shape index (κ3) is 30.2. The van der Waals surface area contributed by atoms with Crippen molar-refractivity contribution in [1.82, 2.24) is 68.0 Å². The Bertz CT molecular complexity index is 3730. The molecule has 14 amide bonds. The maximum Gasteiger partial charge on any atom is 0.329 e. The molecule has 0 bridgehead atoms. The van der Waals surface area contributed by atoms with Gasteiger partial charge in [-0.3, -0.25) is 71.9 Å². The van der Waals surface area contributed by atoms with Crippen LogP contribution in [0.3, 0.4) is 0 Å². The molecule has 3 aromatic rings. The molecule has 4 rings (SSSR count). The van der Waals surface area contributed by atoms with Gasteiger partial charge in [0, 0.05) is 50.5 Å². The number of nitrogens with two attached hydrogens (primary N) is 4. The van der Waals surface area contributed by atoms with Crippen LogP contribution in [0.25, 0.3) is 10.9 Å². The third-order valence-corrected chi connectivity index (χ3v) is 18.6. The summed E-state index contributed by atoms with van der Waals surface area (Å²) in [6.45, 7) is 7.05. The van der Waals surface area contributed by atoms with Gasteiger partial charge in [0.2, 0.25) is 82.7 Å². The van der Waals surface area contributed by atoms with E-state index in [1.165, 1.54) is 14.1 Å². The molecule has 0 spiro atoms. The number of carbonyl (C=O) groups excluding carboxylic acids is 15. The van der Waals surface area contributed by atoms with Gasteiger partial charge in [-0.1, -0.05) is 103 Å². The number of hydrogen-bond acceptors (Lipinski definition) is 22. The minimum atomic E-state index is -2.59. The number of amides is 14. The van der Waals surface area contributed by atoms with E-state index < -0.39 is 225 Å². The van der Waals surface area contributed by atoms with Crippen LogP contribution in [0.2, 0.25) is 0 Å². The van der Waals surface area contributed by atoms with Crippen LogP contribution in [0.5, 0.6) is 0 Å². The van der Waals surface area contributed by atoms with Crippen LogP contribution in [0.1, 0.15) is 136 Å². The lowest BCUT2D eigenvalue weighted by Crippen LogP contribution is -2.63. The minimum Gasteiger partial charge on any atom is -0.481 e. The number of aromatic amines is 1. The molecule has 1 aliphatic rings. The van der Waals surface area contributed by atoms with Gasteiger partial charge < -0.3 is 116 Å². The van der Waals surface area contributed by atoms with Crippen molar-refractivity contribution < 1.29 is 102 Å². The standard InChI is InChI=1S/C74H113N17O21/c1-39(2)18-12-13-21-44-33-57(95)81-54(38-93)70(107)89-60(62(99)63(78)100)72(109)88-53(37-92)64(101)80-36-58(96)90(7)55(31-42-19-10-9-11-20-42)71(108)87-50(30-40(3)4)67(104)82-47(24-16-28-75)65(102)83-48(26-27-59(97)98)66(103)86-52(34-56(77)94)69(106)85-51(32-43-35-79-46-23-15-14-22-45(43)46)68(105)84-49(25-17-29-76)73(110)91(8)61(41(5)6)74(111)112-44/h9-11,14-15,19-20,22-23,35,39-41,44,47-55,60-62,79,92-93,99H,12-13,16-18,21,24-34,36-38,75-76H2,1-8H3,(H2,77,94)(H2,78,100)(H,80,101)(H,81,95)(H,82,104)(H,83,102)(H,84,105)(H,85,106)(H,86,103)(H,87,108)(H,88,109)(H,89,107)(H,97,98). The number of carboxylic acid groups (broad SMARTS) is 1. The number of ether oxygens (including phenoxy) is 1. The number of aliphatic hydroxyl groups is 3. The summed E-state index contributed by atoms with van der Waals surface area (Å²) in [7, 11) is 2.44. The summed E-state index contributed by atoms with van der Waals surface area (Å²) in [6.07, 6.45) is -4.71. The predicted octanol–water partition coefficient (Wildman–Crippen LogP) is -4.63. The number of carbonyl (C=O) groups is 16. The number of aliphatic hydroxyl groups excluding tert-OH is 3. The second-order valence-corrected chi connectivity index (χ2v) is 28.9. The number of carboxylic acids is 1. The molecule has 13 unspecified atom stereocenters. The molecular formula is C74H113N17O21. The summed E-state index contributed by atoms with van der Waals surface area (Å²) in [5.41, 5.74) is 24.4. The Labute approximate surface area is 649 Å². The Kier molecular flexibility index (Phi) is 39.2. The Morgan fingerprint density at radius 3 is 1.66 bits per heavy atom. The van der Waals surface area contributed by atoms with Gasteiger partial charge in [0.25, 0.3) is 0 Å². The van der Waals surface area contributed by atoms with E-state index in [4.69, 9.17) is 27.7 Å². The number of fused-ring (bicyclic) bond motifs is 1. The Morgan fingerprint density at radius 1 is 0.554 bits per heavy atom. The molecule has 1 aromatic heterocycles. The second kappa shape index (κ2) is 46.8. The maximum absolute atomic E-state index is 15.1. The van der Waals surface area contributed by atoms with Crippen molar-refractivity contribution in [3.05, 3.63) is 71.9 Å². The number of primary amides is 2. The van der Waals surface area contributed by atoms with Crippen molar-refractivity contribution in [3.63, 3.8) is 0 Å². The molecule has 0 radical (unpaired) electrons. The van der Waals surface area contributed by atoms with Gasteiger partial charge in [-0.25, -0.2) is 4.79 Å². The highest BCUT2D eigenvalue weighted by Gasteiger charge is 2.42. The molecule has 23 N–H and O–H groups in total. The molecule has 38 heteroatoms. The van der Waals surface area contributed by atoms with Crippen LogP contribution >= 0.6 is 0 Å². The lowest BCUT2D eigenvalue weighted by atomic mass is 9.99. The molecule has 1 aliphatic heterocycles. The second-order valence-electron chi connectivity index (χ2n) is 28.9. The van der Waals surface area contributed by atoms with E-state index in [0.29, 0.717) is 41.3 Å². The summed E-state index contributed by atoms with van der Waals surface area (Å²) in [4.78, 5) is 230. The van der Waals surface area contributed by atoms with Crippen LogP contribution in [-0.4, -0.2) is 255 Å². The summed E-state index contributed by atoms with van der Waals surface area (Å²) in [5, 5.41) is 66.1. The molecule has 2 heterocycles. The Morgan fingerprint density at radius 2 is 1.08 bits per heavy atom. The van der Waals surface area contributed by atoms with Crippen molar-refractivity contribution >= 4 is 106 Å². The van der Waals surface area contributed by atoms with E-state index in [1.807, 2.05) is 24.5 Å². The smallest absolute Gasteiger partial charge is 0.329 e. The molecule has 2 aromatic carbocycles. The maximum atomic E-state index is 15.1. The average Bonchev–Trinajstić information content (AvgIpc) is 1.54. The fourth-order valence-corrected chi connectivity index (χ4v) is 12.4. The van der Waals surface area contributed by atoms with Crippen LogP contribution in [0, 0.1) is 17.8 Å². The predicted molar refractivity (Wildman–Crippen MR) is 404 cm³/mol. The van der Waals surface area contributed by atoms with Crippen molar-refractivity contribution in [1.29, 1.82) is 0 Å². The molecule has 0 aliphatic carbocycles. The minimum absolute atomic E-state index is 0.0205. The first-order chi connectivity index (χ1) is 52.9. The van der Waals surface area contributed by atoms with E-state index in [2.05, 4.69) is 47.5 Å². The van der Waals surface area contributed by atoms with E-state index in [0.717, 1.165) is 9.80 Å². The van der Waals surface area contributed by atoms with Crippen LogP contribution < -0.4 is 76.1 Å². The van der Waals surface area contributed by atoms with Gasteiger partial charge in [0.1, 0.15) is 72.6 Å². The Balaban J connectivity index is 1.92. The van der Waals surface area contributed by atoms with E-state index in [9.17, 15) is 87.5 Å². The first-order valence-electron chi connectivity index (χ1n) is 37.4. The van der Waals surface area contributed by atoms with Crippen LogP contribution in [0.4, 0.5) is 0 Å². The number of benzene rings is 2. The number of nitrogens with one attached hydrogen (secondary N) is 11. The Hall–Kier alpha value is -10.7. The number of H-pyrrole nitrogens is 1. The van der Waals surface area contributed by atoms with Crippen molar-refractivity contribution in [2.75, 3.05) is 46.9 Å². The first kappa shape index (κ1) is 93.7. The molecule has 38 nitrogen and oxygen atoms in total. The van der Waals surface area contributed by atoms with Gasteiger partial charge in [-0.2, -0.15) is 0 Å². The number of hydrogen-bond donors (Lipinski definition) is 19. The van der Waals surface area contributed by atoms with Gasteiger partial charge in [0.05, 0.1) is 32.6 Å². The summed E-state index contributed by atoms with van der Waals surface area (Å²) in [6, 6.07) is -4.43. The summed E-state index contributed by atoms with van der Waals surface area (Å²) >= 11 is 0. The van der Waals surface area contributed by atoms with Crippen molar-refractivity contribution in [2.45, 2.75) is 217 Å². The van der Waals surface area contributed by atoms with E-state index in [1.54, 1.807) is 88.5 Å². The molecular weight excluding hydrogens is 1460 g/mol. The number of likely N-dealkylation sites (N-methyl/N-ethyl adjacent to an activating group) is 2. The lowest BCUT2D eigenvalue weighted by molar-refractivity contribution is -0.162. The number of para-hydroxylation sites is 1. The number of cyclic esters (lactones) is 1. The zero-order valence-electron chi connectivity index (χ0n) is 64.6. The molecule has 13 atom stereocenters. The quantitative estimate of drug-likeness (QED) is 0.0252. The van der Waals surface area contributed by atoms with Crippen LogP contribution in [-0.2, 0) is 94.3 Å². The number of nitrogens with zero attached hydrogens (tertiary/aromatic N) is 2. The first-order valence-corrected chi connectivity index (χ1v) is 37.4. The summed E-state index contributed by atoms with van der Waals surface area (Å²) in [5.74, 6) is -19.8. The highest BCUT2D eigenvalue weighted by atomic mass is 16.5. The van der Waals surface area contributed by atoms with Gasteiger partial charge in [-0.05, 0) is 99.4 Å². The fourth-order valence-electron chi connectivity index (χ4n) is 12.4. The average molecular weight is 1580 g/mol. The number of unbranched alkanes of at least 4 members (excludes halogenated alkanes) is 1. The highest BCUT2D eigenvalue weighted by Crippen LogP contribution is 2.23. The van der Waals surface area contributed by atoms with Crippen LogP contribution in [0.15, 0.2) is 60.8 Å². The zero-order chi connectivity index (χ0) is 83.6. The molecule has 1 fully saturated rings. The largest absolute Gasteiger partial charge is 0.481 e. The van der Waals surface area contributed by atoms with E-state index >= 15 is 9.59 Å². The molecule has 1 saturated heterocycles. The van der Waals surface area contributed by atoms with Gasteiger partial charge >= 0.3 is 11.9 Å². The number of rotatable bonds is 27. The lowest BCUT2D eigenvalue weighted by Gasteiger charge is -2.34. The molecule has 620 valence electrons. The zero-order valence-corrected chi connectivity index (χ0v) is 64.6. The monoisotopic (exact) mass is 1580 g/mol. The fraction of sp³-hybridized carbons (Fsp3) is 0.595. The SMILES string of the molecule is CC(C)CCCCC1CC(=O)NC(CO)C(=O)NC(C(O)C(N)=O)C(=O)NC(CO)C(=O)NCC(=O)N(C)C(Cc2ccccc2)C(=O)NC(CC(C)C)C(=O)NC(CCCN)C(=O)NC(CCC(=O)O)C(=O)NC(CC(N)=O)C(=O)NC(Cc2c[nH]c3ccccc23)C(=O)NC(CCCN)C(=O)N(C)C(C(C)C)C(=O)O1. The van der Waals surface area contributed by atoms with Gasteiger partial charge in [-0.15, -0.1) is 0 Å². The van der Waals surface area contributed by atoms with Crippen molar-refractivity contribution in [2.24, 2.45) is 40.7 Å². The normalized spacial score (nSPS) is 24.1. The van der Waals surface area contributed by atoms with Gasteiger partial charge in [0.15, 0.2) is 6.10 Å². The number of aliphatic carboxylic acids is 1. The highest BCUT2D eigenvalue weighted by molar-refractivity contribution is 6.01. The summed E-state index contributed by atoms with van der Waals surface area (Å²) < 4.78 is 6.04. The van der Waals surface area contributed by atoms with E-state index in [-0.39, 0.29) is 76.3 Å². The third-order valence-electron chi connectivity index (χ3n) is 18.6. The number of esters is 1. The molecule has 0 saturated carbocycles. The van der Waals surface area contributed by atoms with Crippen molar-refractivity contribution in [3.8, 4) is 0 Å². The molecule has 112 heavy (non-hydrogen) atoms.